The van der Waals surface area contributed by atoms with Crippen molar-refractivity contribution < 1.29 is 0 Å². The molecule has 0 atom stereocenters. The second-order valence-electron chi connectivity index (χ2n) is 2.69. The topological polar surface area (TPSA) is 28.7 Å². The van der Waals surface area contributed by atoms with E-state index >= 15 is 0 Å². The number of fused-ring (bicyclic) bond motifs is 1. The van der Waals surface area contributed by atoms with E-state index in [1.807, 2.05) is 30.3 Å². The zero-order valence-corrected chi connectivity index (χ0v) is 6.75. The molecule has 2 nitrogen and oxygen atoms in total. The maximum atomic E-state index is 4.38. The maximum Gasteiger partial charge on any atom is 0.111 e. The molecule has 0 aliphatic heterocycles. The lowest BCUT2D eigenvalue weighted by atomic mass is 10.3. The lowest BCUT2D eigenvalue weighted by Gasteiger charge is -1.83. The van der Waals surface area contributed by atoms with Gasteiger partial charge in [-0.05, 0) is 12.1 Å². The van der Waals surface area contributed by atoms with Crippen LogP contribution in [0.1, 0.15) is 5.82 Å². The molecular formula is C10H13BN2. The monoisotopic (exact) mass is 172 g/mol. The number of hydrogen-bond donors (Lipinski definition) is 1. The minimum Gasteiger partial charge on any atom is -0.342 e. The molecule has 66 valence electrons. The largest absolute Gasteiger partial charge is 0.342 e. The summed E-state index contributed by atoms with van der Waals surface area (Å²) in [6.45, 7) is 3.67. The maximum absolute atomic E-state index is 4.38. The summed E-state index contributed by atoms with van der Waals surface area (Å²) >= 11 is 0. The Morgan fingerprint density at radius 1 is 1.38 bits per heavy atom. The molecule has 0 amide bonds. The molecule has 1 aromatic carbocycles. The van der Waals surface area contributed by atoms with Crippen LogP contribution in [0.2, 0.25) is 0 Å². The van der Waals surface area contributed by atoms with E-state index in [9.17, 15) is 0 Å². The molecule has 0 aliphatic carbocycles. The van der Waals surface area contributed by atoms with Crippen molar-refractivity contribution in [3.63, 3.8) is 0 Å². The third-order valence-corrected chi connectivity index (χ3v) is 1.78. The first-order valence-corrected chi connectivity index (χ1v) is 3.94. The summed E-state index contributed by atoms with van der Waals surface area (Å²) in [5.74, 6) is 0.978. The number of nitrogens with zero attached hydrogens (tertiary/aromatic N) is 1. The molecular weight excluding hydrogens is 159 g/mol. The van der Waals surface area contributed by atoms with Gasteiger partial charge in [0.05, 0.1) is 19.4 Å². The lowest BCUT2D eigenvalue weighted by molar-refractivity contribution is 1.07. The van der Waals surface area contributed by atoms with E-state index in [4.69, 9.17) is 0 Å². The Balaban J connectivity index is 0.000000845. The zero-order valence-electron chi connectivity index (χ0n) is 6.75. The first-order chi connectivity index (χ1) is 5.90. The summed E-state index contributed by atoms with van der Waals surface area (Å²) in [6.07, 6.45) is 2.65. The van der Waals surface area contributed by atoms with Crippen LogP contribution in [0.5, 0.6) is 0 Å². The standard InChI is InChI=1S/C10H10N2.BH3/c1-2-5-10-11-8-6-3-4-7-9(8)12-10;/h2-4,6-7H,1,5H2,(H,11,12);1H3. The minimum atomic E-state index is 0. The summed E-state index contributed by atoms with van der Waals surface area (Å²) in [6, 6.07) is 8.01. The fraction of sp³-hybridized carbons (Fsp3) is 0.100. The normalized spacial score (nSPS) is 9.54. The van der Waals surface area contributed by atoms with Crippen molar-refractivity contribution in [1.29, 1.82) is 0 Å². The Labute approximate surface area is 79.3 Å². The number of aromatic amines is 1. The van der Waals surface area contributed by atoms with Gasteiger partial charge in [0.2, 0.25) is 0 Å². The van der Waals surface area contributed by atoms with Crippen LogP contribution < -0.4 is 0 Å². The molecule has 2 rings (SSSR count). The summed E-state index contributed by atoms with van der Waals surface area (Å²) in [4.78, 5) is 7.59. The van der Waals surface area contributed by atoms with Crippen molar-refractivity contribution in [2.24, 2.45) is 0 Å². The SMILES string of the molecule is B.C=CCc1nc2ccccc2[nH]1. The van der Waals surface area contributed by atoms with Crippen molar-refractivity contribution in [3.05, 3.63) is 42.7 Å². The van der Waals surface area contributed by atoms with Crippen LogP contribution in [-0.2, 0) is 6.42 Å². The number of H-pyrrole nitrogens is 1. The van der Waals surface area contributed by atoms with Crippen LogP contribution in [-0.4, -0.2) is 18.4 Å². The van der Waals surface area contributed by atoms with Gasteiger partial charge in [0.25, 0.3) is 0 Å². The van der Waals surface area contributed by atoms with Gasteiger partial charge in [0.15, 0.2) is 0 Å². The van der Waals surface area contributed by atoms with Gasteiger partial charge in [0.1, 0.15) is 5.82 Å². The van der Waals surface area contributed by atoms with Crippen LogP contribution >= 0.6 is 0 Å². The predicted octanol–water partition coefficient (Wildman–Crippen LogP) is 1.11. The van der Waals surface area contributed by atoms with Gasteiger partial charge >= 0.3 is 0 Å². The summed E-state index contributed by atoms with van der Waals surface area (Å²) < 4.78 is 0. The highest BCUT2D eigenvalue weighted by Crippen LogP contribution is 2.10. The molecule has 0 saturated heterocycles. The molecule has 3 heteroatoms. The molecule has 1 N–H and O–H groups in total. The van der Waals surface area contributed by atoms with Crippen LogP contribution in [0, 0.1) is 0 Å². The van der Waals surface area contributed by atoms with Crippen LogP contribution in [0.25, 0.3) is 11.0 Å². The van der Waals surface area contributed by atoms with Crippen molar-refractivity contribution in [1.82, 2.24) is 9.97 Å². The average molecular weight is 172 g/mol. The molecule has 0 unspecified atom stereocenters. The van der Waals surface area contributed by atoms with E-state index in [1.54, 1.807) is 0 Å². The Kier molecular flexibility index (Phi) is 2.90. The summed E-state index contributed by atoms with van der Waals surface area (Å²) in [7, 11) is 0. The molecule has 0 radical (unpaired) electrons. The highest BCUT2D eigenvalue weighted by Gasteiger charge is 1.97. The fourth-order valence-electron chi connectivity index (χ4n) is 1.24. The molecule has 0 bridgehead atoms. The zero-order chi connectivity index (χ0) is 8.39. The molecule has 0 aliphatic rings. The first-order valence-electron chi connectivity index (χ1n) is 3.94. The van der Waals surface area contributed by atoms with Crippen molar-refractivity contribution >= 4 is 19.4 Å². The second kappa shape index (κ2) is 3.94. The van der Waals surface area contributed by atoms with Gasteiger partial charge in [-0.25, -0.2) is 4.98 Å². The Morgan fingerprint density at radius 2 is 2.15 bits per heavy atom. The minimum absolute atomic E-state index is 0. The van der Waals surface area contributed by atoms with Crippen molar-refractivity contribution in [3.8, 4) is 0 Å². The fourth-order valence-corrected chi connectivity index (χ4v) is 1.24. The van der Waals surface area contributed by atoms with Crippen LogP contribution in [0.4, 0.5) is 0 Å². The smallest absolute Gasteiger partial charge is 0.111 e. The van der Waals surface area contributed by atoms with E-state index in [-0.39, 0.29) is 8.41 Å². The summed E-state index contributed by atoms with van der Waals surface area (Å²) in [5.41, 5.74) is 2.11. The Morgan fingerprint density at radius 3 is 2.85 bits per heavy atom. The van der Waals surface area contributed by atoms with E-state index in [2.05, 4.69) is 16.5 Å². The van der Waals surface area contributed by atoms with Crippen molar-refractivity contribution in [2.75, 3.05) is 0 Å². The number of hydrogen-bond acceptors (Lipinski definition) is 1. The number of benzene rings is 1. The van der Waals surface area contributed by atoms with Gasteiger partial charge in [-0.3, -0.25) is 0 Å². The lowest BCUT2D eigenvalue weighted by Crippen LogP contribution is -1.81. The molecule has 1 aromatic heterocycles. The highest BCUT2D eigenvalue weighted by atomic mass is 14.9. The van der Waals surface area contributed by atoms with E-state index in [1.165, 1.54) is 0 Å². The molecule has 1 heterocycles. The van der Waals surface area contributed by atoms with E-state index in [0.29, 0.717) is 0 Å². The number of imidazole rings is 1. The Bertz CT molecular complexity index is 373. The first kappa shape index (κ1) is 9.58. The third kappa shape index (κ3) is 1.80. The van der Waals surface area contributed by atoms with E-state index in [0.717, 1.165) is 23.3 Å². The summed E-state index contributed by atoms with van der Waals surface area (Å²) in [5, 5.41) is 0. The van der Waals surface area contributed by atoms with Crippen molar-refractivity contribution in [2.45, 2.75) is 6.42 Å². The quantitative estimate of drug-likeness (QED) is 0.533. The molecule has 0 spiro atoms. The van der Waals surface area contributed by atoms with Gasteiger partial charge in [0, 0.05) is 6.42 Å². The second-order valence-corrected chi connectivity index (χ2v) is 2.69. The number of nitrogens with one attached hydrogen (secondary N) is 1. The molecule has 13 heavy (non-hydrogen) atoms. The molecule has 2 aromatic rings. The number of para-hydroxylation sites is 2. The highest BCUT2D eigenvalue weighted by molar-refractivity contribution is 5.75. The molecule has 0 saturated carbocycles. The number of rotatable bonds is 2. The number of aromatic nitrogens is 2. The molecule has 0 fully saturated rings. The van der Waals surface area contributed by atoms with Gasteiger partial charge in [-0.15, -0.1) is 6.58 Å². The predicted molar refractivity (Wildman–Crippen MR) is 59.9 cm³/mol. The van der Waals surface area contributed by atoms with Gasteiger partial charge in [-0.1, -0.05) is 18.2 Å². The van der Waals surface area contributed by atoms with Gasteiger partial charge < -0.3 is 4.98 Å². The number of allylic oxidation sites excluding steroid dienone is 1. The van der Waals surface area contributed by atoms with E-state index < -0.39 is 0 Å². The van der Waals surface area contributed by atoms with Crippen LogP contribution in [0.3, 0.4) is 0 Å². The van der Waals surface area contributed by atoms with Crippen LogP contribution in [0.15, 0.2) is 36.9 Å². The third-order valence-electron chi connectivity index (χ3n) is 1.78. The Hall–Kier alpha value is -1.51. The van der Waals surface area contributed by atoms with Gasteiger partial charge in [-0.2, -0.15) is 0 Å². The average Bonchev–Trinajstić information content (AvgIpc) is 2.47.